The van der Waals surface area contributed by atoms with Gasteiger partial charge in [0.25, 0.3) is 0 Å². The second kappa shape index (κ2) is 22.3. The van der Waals surface area contributed by atoms with Crippen LogP contribution >= 0.6 is 0 Å². The predicted molar refractivity (Wildman–Crippen MR) is 203 cm³/mol. The summed E-state index contributed by atoms with van der Waals surface area (Å²) in [4.78, 5) is 37.6. The number of aliphatic hydroxyl groups is 4. The van der Waals surface area contributed by atoms with E-state index in [1.165, 1.54) is 0 Å². The zero-order chi connectivity index (χ0) is 39.6. The van der Waals surface area contributed by atoms with E-state index in [-0.39, 0.29) is 54.8 Å². The molecule has 12 heteroatoms. The third-order valence-electron chi connectivity index (χ3n) is 8.07. The van der Waals surface area contributed by atoms with E-state index in [1.807, 2.05) is 12.1 Å². The molecule has 0 radical (unpaired) electrons. The van der Waals surface area contributed by atoms with E-state index in [9.17, 15) is 34.8 Å². The molecule has 0 aliphatic heterocycles. The van der Waals surface area contributed by atoms with E-state index in [0.717, 1.165) is 35.1 Å². The molecule has 0 aliphatic rings. The minimum atomic E-state index is -1.18. The smallest absolute Gasteiger partial charge is 0.343 e. The van der Waals surface area contributed by atoms with E-state index < -0.39 is 43.3 Å². The first-order valence-electron chi connectivity index (χ1n) is 18.0. The van der Waals surface area contributed by atoms with Gasteiger partial charge in [-0.05, 0) is 110 Å². The number of carbonyl (C=O) groups is 3. The predicted octanol–water partition coefficient (Wildman–Crippen LogP) is 5.09. The van der Waals surface area contributed by atoms with Gasteiger partial charge in [-0.2, -0.15) is 0 Å². The summed E-state index contributed by atoms with van der Waals surface area (Å²) in [7, 11) is 0. The molecule has 0 heterocycles. The first-order valence-corrected chi connectivity index (χ1v) is 18.0. The number of aryl methyl sites for hydroxylation is 3. The van der Waals surface area contributed by atoms with Crippen molar-refractivity contribution in [2.24, 2.45) is 0 Å². The average molecular weight is 749 g/mol. The number of hydrogen-bond donors (Lipinski definition) is 4. The third-order valence-corrected chi connectivity index (χ3v) is 8.07. The Kier molecular flexibility index (Phi) is 17.9. The van der Waals surface area contributed by atoms with Crippen molar-refractivity contribution in [3.05, 3.63) is 101 Å². The van der Waals surface area contributed by atoms with Crippen LogP contribution in [0.15, 0.2) is 78.9 Å². The molecule has 0 bridgehead atoms. The lowest BCUT2D eigenvalue weighted by Crippen LogP contribution is -2.23. The Hall–Kier alpha value is -5.01. The van der Waals surface area contributed by atoms with Gasteiger partial charge in [-0.3, -0.25) is 0 Å². The van der Waals surface area contributed by atoms with Crippen molar-refractivity contribution in [2.75, 3.05) is 39.6 Å². The monoisotopic (exact) mass is 748 g/mol. The molecule has 4 N–H and O–H groups in total. The van der Waals surface area contributed by atoms with Crippen LogP contribution < -0.4 is 14.2 Å². The molecule has 3 rings (SSSR count). The third kappa shape index (κ3) is 13.8. The fraction of sp³-hybridized carbons (Fsp3) is 0.405. The summed E-state index contributed by atoms with van der Waals surface area (Å²) in [5.74, 6) is -0.880. The lowest BCUT2D eigenvalue weighted by atomic mass is 9.89. The Labute approximate surface area is 316 Å². The molecular formula is C42H52O12. The van der Waals surface area contributed by atoms with Gasteiger partial charge in [-0.15, -0.1) is 0 Å². The van der Waals surface area contributed by atoms with E-state index in [2.05, 4.69) is 20.1 Å². The van der Waals surface area contributed by atoms with Gasteiger partial charge in [0.05, 0.1) is 32.0 Å². The fourth-order valence-corrected chi connectivity index (χ4v) is 5.30. The fourth-order valence-electron chi connectivity index (χ4n) is 5.30. The number of benzene rings is 3. The minimum absolute atomic E-state index is 0.0960. The van der Waals surface area contributed by atoms with Gasteiger partial charge in [0.1, 0.15) is 31.2 Å². The maximum absolute atomic E-state index is 13.4. The molecule has 0 fully saturated rings. The molecule has 0 aliphatic carbocycles. The van der Waals surface area contributed by atoms with Crippen molar-refractivity contribution in [1.82, 2.24) is 0 Å². The maximum atomic E-state index is 13.4. The number of ether oxygens (including phenoxy) is 5. The number of hydrogen-bond acceptors (Lipinski definition) is 12. The summed E-state index contributed by atoms with van der Waals surface area (Å²) in [5.41, 5.74) is 4.90. The van der Waals surface area contributed by atoms with Crippen LogP contribution in [0, 0.1) is 0 Å². The minimum Gasteiger partial charge on any atom is -0.487 e. The molecular weight excluding hydrogens is 696 g/mol. The van der Waals surface area contributed by atoms with E-state index in [4.69, 9.17) is 23.7 Å². The highest BCUT2D eigenvalue weighted by Gasteiger charge is 2.20. The molecule has 0 saturated heterocycles. The highest BCUT2D eigenvalue weighted by atomic mass is 16.5. The van der Waals surface area contributed by atoms with Crippen molar-refractivity contribution < 1.29 is 58.5 Å². The molecule has 12 nitrogen and oxygen atoms in total. The largest absolute Gasteiger partial charge is 0.487 e. The summed E-state index contributed by atoms with van der Waals surface area (Å²) < 4.78 is 28.2. The average Bonchev–Trinajstić information content (AvgIpc) is 3.16. The molecule has 2 unspecified atom stereocenters. The first kappa shape index (κ1) is 43.4. The van der Waals surface area contributed by atoms with Crippen molar-refractivity contribution in [3.63, 3.8) is 0 Å². The van der Waals surface area contributed by atoms with Gasteiger partial charge < -0.3 is 44.1 Å². The number of aliphatic hydroxyl groups excluding tert-OH is 4. The van der Waals surface area contributed by atoms with Crippen molar-refractivity contribution in [2.45, 2.75) is 71.5 Å². The van der Waals surface area contributed by atoms with Crippen LogP contribution in [-0.2, 0) is 38.3 Å². The maximum Gasteiger partial charge on any atom is 0.343 e. The van der Waals surface area contributed by atoms with Gasteiger partial charge >= 0.3 is 17.9 Å². The molecule has 54 heavy (non-hydrogen) atoms. The molecule has 0 amide bonds. The number of esters is 3. The van der Waals surface area contributed by atoms with E-state index >= 15 is 0 Å². The lowest BCUT2D eigenvalue weighted by molar-refractivity contribution is -0.139. The Morgan fingerprint density at radius 2 is 1.22 bits per heavy atom. The number of carbonyl (C=O) groups excluding carboxylic acids is 3. The summed E-state index contributed by atoms with van der Waals surface area (Å²) in [6, 6.07) is 15.8. The van der Waals surface area contributed by atoms with Crippen LogP contribution in [0.2, 0.25) is 0 Å². The van der Waals surface area contributed by atoms with Crippen LogP contribution in [0.3, 0.4) is 0 Å². The Balaban J connectivity index is 2.12. The molecule has 3 aromatic carbocycles. The summed E-state index contributed by atoms with van der Waals surface area (Å²) in [6.45, 7) is 11.1. The van der Waals surface area contributed by atoms with Crippen molar-refractivity contribution in [3.8, 4) is 28.4 Å². The summed E-state index contributed by atoms with van der Waals surface area (Å²) in [6.07, 6.45) is 1.11. The standard InChI is InChI=1S/C42H52O12/c1-6-9-29-12-14-30(15-13-29)42(49)54-36-20-31(10-7-18-50-40(47)27(2)3)39(32(21-36)11-8-19-51-41(48)28(4)5)33-16-17-37(52-25-34(45)23-43)38(22-33)53-26-35(46)24-44/h12-17,20-22,34-35,43-46H,2,4,6-11,18-19,23-26H2,1,3,5H3. The van der Waals surface area contributed by atoms with Gasteiger partial charge in [0.2, 0.25) is 0 Å². The SMILES string of the molecule is C=C(C)C(=O)OCCCc1cc(OC(=O)c2ccc(CCC)cc2)cc(CCCOC(=O)C(=C)C)c1-c1ccc(OCC(O)CO)c(OCC(O)CO)c1. The molecule has 0 saturated carbocycles. The summed E-state index contributed by atoms with van der Waals surface area (Å²) in [5, 5.41) is 38.6. The molecule has 0 spiro atoms. The van der Waals surface area contributed by atoms with Gasteiger partial charge in [0.15, 0.2) is 11.5 Å². The highest BCUT2D eigenvalue weighted by Crippen LogP contribution is 2.39. The second-order valence-corrected chi connectivity index (χ2v) is 12.9. The van der Waals surface area contributed by atoms with Gasteiger partial charge in [0, 0.05) is 11.1 Å². The molecule has 3 aromatic rings. The lowest BCUT2D eigenvalue weighted by Gasteiger charge is -2.21. The topological polar surface area (TPSA) is 178 Å². The molecule has 0 aromatic heterocycles. The van der Waals surface area contributed by atoms with Crippen molar-refractivity contribution in [1.29, 1.82) is 0 Å². The van der Waals surface area contributed by atoms with Crippen LogP contribution in [-0.4, -0.2) is 90.2 Å². The van der Waals surface area contributed by atoms with E-state index in [1.54, 1.807) is 56.3 Å². The highest BCUT2D eigenvalue weighted by molar-refractivity contribution is 5.91. The van der Waals surface area contributed by atoms with Crippen LogP contribution in [0.5, 0.6) is 17.2 Å². The number of rotatable bonds is 23. The Bertz CT molecular complexity index is 1670. The van der Waals surface area contributed by atoms with Crippen LogP contribution in [0.25, 0.3) is 11.1 Å². The Morgan fingerprint density at radius 3 is 1.70 bits per heavy atom. The molecule has 292 valence electrons. The Morgan fingerprint density at radius 1 is 0.704 bits per heavy atom. The normalized spacial score (nSPS) is 12.0. The van der Waals surface area contributed by atoms with E-state index in [0.29, 0.717) is 36.8 Å². The van der Waals surface area contributed by atoms with Gasteiger partial charge in [-0.25, -0.2) is 14.4 Å². The van der Waals surface area contributed by atoms with Crippen LogP contribution in [0.4, 0.5) is 0 Å². The zero-order valence-corrected chi connectivity index (χ0v) is 31.3. The second-order valence-electron chi connectivity index (χ2n) is 12.9. The van der Waals surface area contributed by atoms with Crippen LogP contribution in [0.1, 0.15) is 67.1 Å². The van der Waals surface area contributed by atoms with Gasteiger partial charge in [-0.1, -0.05) is 44.7 Å². The van der Waals surface area contributed by atoms with Crippen molar-refractivity contribution >= 4 is 17.9 Å². The quantitative estimate of drug-likeness (QED) is 0.0438. The zero-order valence-electron chi connectivity index (χ0n) is 31.3. The first-order chi connectivity index (χ1) is 25.9. The summed E-state index contributed by atoms with van der Waals surface area (Å²) >= 11 is 0. The molecule has 2 atom stereocenters.